The summed E-state index contributed by atoms with van der Waals surface area (Å²) in [6, 6.07) is 12.4. The van der Waals surface area contributed by atoms with Gasteiger partial charge in [0.15, 0.2) is 5.76 Å². The largest absolute Gasteiger partial charge is 0.497 e. The first-order valence-electron chi connectivity index (χ1n) is 10.5. The van der Waals surface area contributed by atoms with Crippen LogP contribution in [0.3, 0.4) is 0 Å². The van der Waals surface area contributed by atoms with E-state index >= 15 is 0 Å². The molecule has 0 aliphatic heterocycles. The fraction of sp³-hybridized carbons (Fsp3) is 0.120. The summed E-state index contributed by atoms with van der Waals surface area (Å²) < 4.78 is 55.5. The monoisotopic (exact) mass is 512 g/mol. The second kappa shape index (κ2) is 9.12. The number of carbonyl (C=O) groups is 1. The van der Waals surface area contributed by atoms with Crippen molar-refractivity contribution in [2.24, 2.45) is 0 Å². The van der Waals surface area contributed by atoms with Crippen molar-refractivity contribution >= 4 is 28.3 Å². The molecule has 5 rings (SSSR count). The fourth-order valence-electron chi connectivity index (χ4n) is 3.96. The Morgan fingerprint density at radius 3 is 2.56 bits per heavy atom. The molecule has 0 saturated carbocycles. The summed E-state index contributed by atoms with van der Waals surface area (Å²) in [7, 11) is 1.39. The minimum Gasteiger partial charge on any atom is -0.497 e. The average molecular weight is 513 g/mol. The van der Waals surface area contributed by atoms with E-state index in [4.69, 9.17) is 20.8 Å². The number of halogens is 4. The fourth-order valence-corrected chi connectivity index (χ4v) is 4.09. The lowest BCUT2D eigenvalue weighted by Crippen LogP contribution is -2.18. The van der Waals surface area contributed by atoms with Gasteiger partial charge in [0, 0.05) is 28.7 Å². The molecule has 11 heteroatoms. The van der Waals surface area contributed by atoms with Gasteiger partial charge in [-0.2, -0.15) is 13.2 Å². The molecule has 0 amide bonds. The second-order valence-electron chi connectivity index (χ2n) is 7.77. The molecule has 36 heavy (non-hydrogen) atoms. The number of oxazole rings is 1. The quantitative estimate of drug-likeness (QED) is 0.258. The first-order valence-corrected chi connectivity index (χ1v) is 10.9. The first kappa shape index (κ1) is 23.6. The van der Waals surface area contributed by atoms with Crippen molar-refractivity contribution in [3.05, 3.63) is 95.0 Å². The van der Waals surface area contributed by atoms with E-state index in [2.05, 4.69) is 15.0 Å². The maximum atomic E-state index is 14.5. The Morgan fingerprint density at radius 1 is 1.11 bits per heavy atom. The molecule has 0 radical (unpaired) electrons. The van der Waals surface area contributed by atoms with Crippen LogP contribution in [-0.2, 0) is 12.7 Å². The van der Waals surface area contributed by atoms with Gasteiger partial charge in [0.05, 0.1) is 18.9 Å². The number of aromatic nitrogens is 4. The number of carbonyl (C=O) groups excluding carboxylic acids is 1. The number of nitrogens with zero attached hydrogens (tertiary/aromatic N) is 4. The van der Waals surface area contributed by atoms with E-state index in [1.165, 1.54) is 50.1 Å². The van der Waals surface area contributed by atoms with Crippen LogP contribution in [0.1, 0.15) is 27.5 Å². The summed E-state index contributed by atoms with van der Waals surface area (Å²) in [5, 5.41) is 0.513. The summed E-state index contributed by atoms with van der Waals surface area (Å²) in [4.78, 5) is 25.3. The maximum absolute atomic E-state index is 14.5. The number of methoxy groups -OCH3 is 1. The van der Waals surface area contributed by atoms with E-state index in [0.29, 0.717) is 22.0 Å². The third kappa shape index (κ3) is 4.31. The highest BCUT2D eigenvalue weighted by Gasteiger charge is 2.42. The molecule has 7 nitrogen and oxygen atoms in total. The molecule has 2 aromatic carbocycles. The molecule has 0 fully saturated rings. The SMILES string of the molecule is COc1ccc2c(c1)c(C(=O)c1ncc(-c3ccncn3)o1)c(C(F)(F)F)n2Cc1ccc(Cl)cc1. The highest BCUT2D eigenvalue weighted by molar-refractivity contribution is 6.30. The molecular weight excluding hydrogens is 497 g/mol. The van der Waals surface area contributed by atoms with Crippen LogP contribution in [0.15, 0.2) is 71.7 Å². The van der Waals surface area contributed by atoms with E-state index < -0.39 is 29.1 Å². The Morgan fingerprint density at radius 2 is 1.89 bits per heavy atom. The van der Waals surface area contributed by atoms with E-state index in [1.807, 2.05) is 0 Å². The topological polar surface area (TPSA) is 83.0 Å². The normalized spacial score (nSPS) is 11.7. The highest BCUT2D eigenvalue weighted by atomic mass is 35.5. The number of hydrogen-bond donors (Lipinski definition) is 0. The van der Waals surface area contributed by atoms with Gasteiger partial charge in [-0.1, -0.05) is 23.7 Å². The standard InChI is InChI=1S/C25H16ClF3N4O3/c1-35-16-6-7-19-17(10-16)21(22(34)24-31-11-20(36-24)18-8-9-30-13-32-18)23(25(27,28)29)33(19)12-14-2-4-15(26)5-3-14/h2-11,13H,12H2,1H3. The lowest BCUT2D eigenvalue weighted by atomic mass is 10.1. The number of rotatable bonds is 6. The Kier molecular flexibility index (Phi) is 5.97. The molecule has 5 aromatic rings. The molecule has 0 spiro atoms. The number of hydrogen-bond acceptors (Lipinski definition) is 6. The van der Waals surface area contributed by atoms with Crippen LogP contribution in [0, 0.1) is 0 Å². The number of alkyl halides is 3. The zero-order chi connectivity index (χ0) is 25.4. The molecular formula is C25H16ClF3N4O3. The minimum absolute atomic E-state index is 0.0578. The number of ether oxygens (including phenoxy) is 1. The van der Waals surface area contributed by atoms with Crippen molar-refractivity contribution in [3.8, 4) is 17.2 Å². The molecule has 0 bridgehead atoms. The predicted octanol–water partition coefficient (Wildman–Crippen LogP) is 6.05. The number of ketones is 1. The molecule has 0 atom stereocenters. The van der Waals surface area contributed by atoms with Crippen LogP contribution < -0.4 is 4.74 Å². The first-order chi connectivity index (χ1) is 17.3. The number of fused-ring (bicyclic) bond motifs is 1. The van der Waals surface area contributed by atoms with E-state index in [-0.39, 0.29) is 23.2 Å². The Balaban J connectivity index is 1.71. The van der Waals surface area contributed by atoms with Gasteiger partial charge < -0.3 is 13.7 Å². The van der Waals surface area contributed by atoms with Gasteiger partial charge in [0.25, 0.3) is 11.7 Å². The van der Waals surface area contributed by atoms with Gasteiger partial charge in [-0.15, -0.1) is 0 Å². The predicted molar refractivity (Wildman–Crippen MR) is 125 cm³/mol. The Labute approximate surface area is 207 Å². The number of benzene rings is 2. The Hall–Kier alpha value is -4.18. The van der Waals surface area contributed by atoms with Crippen LogP contribution in [0.4, 0.5) is 13.2 Å². The van der Waals surface area contributed by atoms with Gasteiger partial charge in [-0.05, 0) is 42.0 Å². The lowest BCUT2D eigenvalue weighted by molar-refractivity contribution is -0.143. The minimum atomic E-state index is -4.87. The zero-order valence-corrected chi connectivity index (χ0v) is 19.3. The van der Waals surface area contributed by atoms with Crippen molar-refractivity contribution in [3.63, 3.8) is 0 Å². The van der Waals surface area contributed by atoms with E-state index in [9.17, 15) is 18.0 Å². The van der Waals surface area contributed by atoms with Crippen LogP contribution in [0.2, 0.25) is 5.02 Å². The van der Waals surface area contributed by atoms with Crippen LogP contribution in [-0.4, -0.2) is 32.4 Å². The molecule has 0 aliphatic rings. The summed E-state index contributed by atoms with van der Waals surface area (Å²) >= 11 is 5.94. The molecule has 0 N–H and O–H groups in total. The van der Waals surface area contributed by atoms with Crippen LogP contribution >= 0.6 is 11.6 Å². The van der Waals surface area contributed by atoms with Crippen molar-refractivity contribution < 1.29 is 27.1 Å². The molecule has 3 heterocycles. The van der Waals surface area contributed by atoms with Crippen LogP contribution in [0.5, 0.6) is 5.75 Å². The van der Waals surface area contributed by atoms with E-state index in [1.54, 1.807) is 24.3 Å². The van der Waals surface area contributed by atoms with E-state index in [0.717, 1.165) is 4.57 Å². The third-order valence-corrected chi connectivity index (χ3v) is 5.81. The lowest BCUT2D eigenvalue weighted by Gasteiger charge is -2.14. The van der Waals surface area contributed by atoms with Crippen molar-refractivity contribution in [2.75, 3.05) is 7.11 Å². The summed E-state index contributed by atoms with van der Waals surface area (Å²) in [6.45, 7) is -0.153. The average Bonchev–Trinajstić information content (AvgIpc) is 3.49. The summed E-state index contributed by atoms with van der Waals surface area (Å²) in [5.74, 6) is -1.10. The maximum Gasteiger partial charge on any atom is 0.432 e. The second-order valence-corrected chi connectivity index (χ2v) is 8.21. The summed E-state index contributed by atoms with van der Waals surface area (Å²) in [6.07, 6.45) is -0.898. The van der Waals surface area contributed by atoms with Crippen molar-refractivity contribution in [1.82, 2.24) is 19.5 Å². The molecule has 182 valence electrons. The molecule has 0 unspecified atom stereocenters. The van der Waals surface area contributed by atoms with Gasteiger partial charge in [0.1, 0.15) is 23.5 Å². The smallest absolute Gasteiger partial charge is 0.432 e. The molecule has 0 aliphatic carbocycles. The molecule has 0 saturated heterocycles. The third-order valence-electron chi connectivity index (χ3n) is 5.55. The van der Waals surface area contributed by atoms with Crippen molar-refractivity contribution in [1.29, 1.82) is 0 Å². The molecule has 3 aromatic heterocycles. The van der Waals surface area contributed by atoms with Crippen LogP contribution in [0.25, 0.3) is 22.4 Å². The van der Waals surface area contributed by atoms with Gasteiger partial charge >= 0.3 is 6.18 Å². The van der Waals surface area contributed by atoms with Gasteiger partial charge in [0.2, 0.25) is 0 Å². The highest BCUT2D eigenvalue weighted by Crippen LogP contribution is 2.41. The van der Waals surface area contributed by atoms with Gasteiger partial charge in [-0.3, -0.25) is 4.79 Å². The van der Waals surface area contributed by atoms with Gasteiger partial charge in [-0.25, -0.2) is 15.0 Å². The van der Waals surface area contributed by atoms with Crippen molar-refractivity contribution in [2.45, 2.75) is 12.7 Å². The zero-order valence-electron chi connectivity index (χ0n) is 18.6. The Bertz CT molecular complexity index is 1560. The summed E-state index contributed by atoms with van der Waals surface area (Å²) in [5.41, 5.74) is -0.601.